The number of rotatable bonds is 5. The molecule has 1 N–H and O–H groups in total. The van der Waals surface area contributed by atoms with Crippen LogP contribution >= 0.6 is 0 Å². The fraction of sp³-hybridized carbons (Fsp3) is 0.185. The second kappa shape index (κ2) is 10.4. The highest BCUT2D eigenvalue weighted by molar-refractivity contribution is 6.04. The Morgan fingerprint density at radius 2 is 1.36 bits per heavy atom. The molecule has 0 saturated heterocycles. The maximum Gasteiger partial charge on any atom is 0.416 e. The van der Waals surface area contributed by atoms with Gasteiger partial charge in [-0.2, -0.15) is 26.3 Å². The minimum absolute atomic E-state index is 0.0710. The van der Waals surface area contributed by atoms with Crippen LogP contribution in [-0.2, 0) is 26.7 Å². The molecule has 6 nitrogen and oxygen atoms in total. The molecule has 3 aromatic carbocycles. The number of halogens is 6. The molecule has 0 amide bonds. The third kappa shape index (κ3) is 5.54. The van der Waals surface area contributed by atoms with Crippen molar-refractivity contribution in [1.82, 2.24) is 0 Å². The lowest BCUT2D eigenvalue weighted by atomic mass is 9.99. The van der Waals surface area contributed by atoms with E-state index in [1.165, 1.54) is 17.0 Å². The van der Waals surface area contributed by atoms with Crippen molar-refractivity contribution in [3.8, 4) is 0 Å². The molecule has 1 aliphatic rings. The summed E-state index contributed by atoms with van der Waals surface area (Å²) in [5, 5.41) is 10.0. The van der Waals surface area contributed by atoms with E-state index >= 15 is 0 Å². The van der Waals surface area contributed by atoms with E-state index in [2.05, 4.69) is 0 Å². The molecule has 0 aromatic heterocycles. The van der Waals surface area contributed by atoms with Crippen LogP contribution < -0.4 is 9.80 Å². The smallest absolute Gasteiger partial charge is 0.416 e. The second-order valence-electron chi connectivity index (χ2n) is 8.50. The third-order valence-electron chi connectivity index (χ3n) is 6.09. The minimum atomic E-state index is -4.78. The average Bonchev–Trinajstić information content (AvgIpc) is 2.91. The summed E-state index contributed by atoms with van der Waals surface area (Å²) in [5.41, 5.74) is -3.17. The van der Waals surface area contributed by atoms with E-state index in [1.807, 2.05) is 0 Å². The lowest BCUT2D eigenvalue weighted by molar-refractivity contribution is -0.138. The van der Waals surface area contributed by atoms with E-state index in [0.717, 1.165) is 48.4 Å². The van der Waals surface area contributed by atoms with E-state index in [-0.39, 0.29) is 11.4 Å². The maximum atomic E-state index is 13.6. The average molecular weight is 550 g/mol. The number of ether oxygens (including phenoxy) is 1. The van der Waals surface area contributed by atoms with Gasteiger partial charge in [0.1, 0.15) is 11.9 Å². The normalized spacial score (nSPS) is 16.3. The zero-order valence-corrected chi connectivity index (χ0v) is 20.1. The summed E-state index contributed by atoms with van der Waals surface area (Å²) in [5.74, 6) is -2.75. The molecule has 0 radical (unpaired) electrons. The summed E-state index contributed by atoms with van der Waals surface area (Å²) in [6.07, 6.45) is -10.7. The molecule has 3 aromatic rings. The van der Waals surface area contributed by atoms with Crippen LogP contribution in [0, 0.1) is 0 Å². The molecule has 1 heterocycles. The number of carbonyl (C=O) groups is 2. The molecule has 39 heavy (non-hydrogen) atoms. The van der Waals surface area contributed by atoms with Gasteiger partial charge in [-0.3, -0.25) is 0 Å². The van der Waals surface area contributed by atoms with Gasteiger partial charge < -0.3 is 19.6 Å². The molecule has 0 bridgehead atoms. The van der Waals surface area contributed by atoms with Gasteiger partial charge in [0.05, 0.1) is 30.4 Å². The number of benzene rings is 3. The van der Waals surface area contributed by atoms with Gasteiger partial charge in [-0.05, 0) is 42.0 Å². The van der Waals surface area contributed by atoms with Crippen LogP contribution in [0.25, 0.3) is 0 Å². The van der Waals surface area contributed by atoms with Crippen molar-refractivity contribution in [2.45, 2.75) is 18.5 Å². The van der Waals surface area contributed by atoms with Crippen LogP contribution in [0.3, 0.4) is 0 Å². The minimum Gasteiger partial charge on any atom is -0.478 e. The number of methoxy groups -OCH3 is 1. The lowest BCUT2D eigenvalue weighted by Gasteiger charge is -2.47. The molecule has 0 spiro atoms. The van der Waals surface area contributed by atoms with Crippen molar-refractivity contribution in [2.24, 2.45) is 0 Å². The highest BCUT2D eigenvalue weighted by atomic mass is 19.4. The molecular formula is C27H20F6N2O4. The standard InChI is InChI=1S/C27H20F6N2O4/c1-39-25(38)22-21(24(36)37)15-34(19-11-5-9-17(13-19)26(28,29)30)23(16-7-3-2-4-8-16)35(22)20-12-6-10-18(14-20)27(31,32)33/h2-14,23H,15H2,1H3,(H,36,37). The predicted molar refractivity (Wildman–Crippen MR) is 129 cm³/mol. The van der Waals surface area contributed by atoms with Crippen LogP contribution in [0.4, 0.5) is 37.7 Å². The van der Waals surface area contributed by atoms with E-state index in [9.17, 15) is 41.0 Å². The van der Waals surface area contributed by atoms with E-state index in [1.54, 1.807) is 30.3 Å². The first-order valence-corrected chi connectivity index (χ1v) is 11.3. The molecule has 1 atom stereocenters. The molecule has 12 heteroatoms. The summed E-state index contributed by atoms with van der Waals surface area (Å²) in [6.45, 7) is -0.559. The highest BCUT2D eigenvalue weighted by Crippen LogP contribution is 2.44. The number of aliphatic carboxylic acids is 1. The van der Waals surface area contributed by atoms with Gasteiger partial charge in [-0.15, -0.1) is 0 Å². The fourth-order valence-electron chi connectivity index (χ4n) is 4.38. The van der Waals surface area contributed by atoms with E-state index in [0.29, 0.717) is 5.56 Å². The number of carbonyl (C=O) groups excluding carboxylic acids is 1. The number of carboxylic acid groups (broad SMARTS) is 1. The van der Waals surface area contributed by atoms with Gasteiger partial charge in [-0.25, -0.2) is 9.59 Å². The Morgan fingerprint density at radius 3 is 1.87 bits per heavy atom. The van der Waals surface area contributed by atoms with Crippen LogP contribution in [-0.4, -0.2) is 30.7 Å². The van der Waals surface area contributed by atoms with Crippen molar-refractivity contribution < 1.29 is 45.8 Å². The largest absolute Gasteiger partial charge is 0.478 e. The van der Waals surface area contributed by atoms with Crippen LogP contribution in [0.1, 0.15) is 22.9 Å². The first-order chi connectivity index (χ1) is 18.3. The van der Waals surface area contributed by atoms with Crippen LogP contribution in [0.15, 0.2) is 90.1 Å². The number of carboxylic acids is 1. The molecule has 0 fully saturated rings. The molecule has 0 aliphatic carbocycles. The quantitative estimate of drug-likeness (QED) is 0.299. The topological polar surface area (TPSA) is 70.1 Å². The van der Waals surface area contributed by atoms with Gasteiger partial charge >= 0.3 is 24.3 Å². The molecular weight excluding hydrogens is 530 g/mol. The van der Waals surface area contributed by atoms with Crippen molar-refractivity contribution >= 4 is 23.3 Å². The molecule has 1 unspecified atom stereocenters. The van der Waals surface area contributed by atoms with E-state index < -0.39 is 59.4 Å². The highest BCUT2D eigenvalue weighted by Gasteiger charge is 2.43. The number of hydrogen-bond donors (Lipinski definition) is 1. The second-order valence-corrected chi connectivity index (χ2v) is 8.50. The molecule has 1 aliphatic heterocycles. The summed E-state index contributed by atoms with van der Waals surface area (Å²) in [7, 11) is 0.982. The fourth-order valence-corrected chi connectivity index (χ4v) is 4.38. The molecule has 4 rings (SSSR count). The summed E-state index contributed by atoms with van der Waals surface area (Å²) in [6, 6.07) is 15.9. The third-order valence-corrected chi connectivity index (χ3v) is 6.09. The van der Waals surface area contributed by atoms with Gasteiger partial charge in [0.15, 0.2) is 0 Å². The predicted octanol–water partition coefficient (Wildman–Crippen LogP) is 6.26. The lowest BCUT2D eigenvalue weighted by Crippen LogP contribution is -2.50. The zero-order chi connectivity index (χ0) is 28.5. The number of nitrogens with zero attached hydrogens (tertiary/aromatic N) is 2. The molecule has 0 saturated carbocycles. The SMILES string of the molecule is COC(=O)C1=C(C(=O)O)CN(c2cccc(C(F)(F)F)c2)C(c2ccccc2)N1c1cccc(C(F)(F)F)c1. The first-order valence-electron chi connectivity index (χ1n) is 11.3. The van der Waals surface area contributed by atoms with Crippen molar-refractivity contribution in [2.75, 3.05) is 23.5 Å². The Balaban J connectivity index is 2.06. The van der Waals surface area contributed by atoms with Crippen molar-refractivity contribution in [3.63, 3.8) is 0 Å². The Bertz CT molecular complexity index is 1420. The monoisotopic (exact) mass is 550 g/mol. The van der Waals surface area contributed by atoms with E-state index in [4.69, 9.17) is 4.74 Å². The number of alkyl halides is 6. The van der Waals surface area contributed by atoms with Crippen molar-refractivity contribution in [1.29, 1.82) is 0 Å². The summed E-state index contributed by atoms with van der Waals surface area (Å²) in [4.78, 5) is 27.7. The Kier molecular flexibility index (Phi) is 7.31. The van der Waals surface area contributed by atoms with Crippen LogP contribution in [0.2, 0.25) is 0 Å². The Labute approximate surface area is 218 Å². The number of hydrogen-bond acceptors (Lipinski definition) is 5. The first kappa shape index (κ1) is 27.6. The van der Waals surface area contributed by atoms with Crippen LogP contribution in [0.5, 0.6) is 0 Å². The van der Waals surface area contributed by atoms with Gasteiger partial charge in [-0.1, -0.05) is 42.5 Å². The maximum absolute atomic E-state index is 13.6. The number of anilines is 2. The number of esters is 1. The summed E-state index contributed by atoms with van der Waals surface area (Å²) < 4.78 is 86.5. The van der Waals surface area contributed by atoms with Gasteiger partial charge in [0.25, 0.3) is 0 Å². The molecule has 204 valence electrons. The summed E-state index contributed by atoms with van der Waals surface area (Å²) >= 11 is 0. The van der Waals surface area contributed by atoms with Gasteiger partial charge in [0, 0.05) is 11.4 Å². The Morgan fingerprint density at radius 1 is 0.821 bits per heavy atom. The zero-order valence-electron chi connectivity index (χ0n) is 20.1. The Hall–Kier alpha value is -4.48. The van der Waals surface area contributed by atoms with Gasteiger partial charge in [0.2, 0.25) is 0 Å². The van der Waals surface area contributed by atoms with Crippen molar-refractivity contribution in [3.05, 3.63) is 107 Å².